The van der Waals surface area contributed by atoms with Gasteiger partial charge in [-0.05, 0) is 63.4 Å². The fourth-order valence-corrected chi connectivity index (χ4v) is 8.50. The fourth-order valence-electron chi connectivity index (χ4n) is 5.43. The van der Waals surface area contributed by atoms with E-state index in [0.29, 0.717) is 18.5 Å². The fraction of sp³-hybridized carbons (Fsp3) is 0.344. The third-order valence-electron chi connectivity index (χ3n) is 7.80. The third kappa shape index (κ3) is 5.41. The van der Waals surface area contributed by atoms with Gasteiger partial charge in [0.2, 0.25) is 0 Å². The number of methoxy groups -OCH3 is 1. The van der Waals surface area contributed by atoms with Gasteiger partial charge < -0.3 is 14.5 Å². The van der Waals surface area contributed by atoms with Gasteiger partial charge in [-0.1, -0.05) is 37.4 Å². The van der Waals surface area contributed by atoms with Crippen molar-refractivity contribution in [1.29, 1.82) is 0 Å². The van der Waals surface area contributed by atoms with Crippen LogP contribution in [-0.4, -0.2) is 84.0 Å². The summed E-state index contributed by atoms with van der Waals surface area (Å²) < 4.78 is 6.91. The predicted octanol–water partition coefficient (Wildman–Crippen LogP) is 4.26. The number of hydrogen-bond donors (Lipinski definition) is 0. The standard InChI is InChI=1S/C32H40N3O3Si/c1-33(2)22-15-17-26-28(20-22)39(7,8)29-21-23(34(3)4)16-18-27(29)31(26)24-12-9-10-13-25(24)32(37)35(5)19-11-14-30(36)38-6/h9-10,12-13,15-18,20-21H,11,14,19H2,1-8H3/q+1. The van der Waals surface area contributed by atoms with E-state index in [-0.39, 0.29) is 18.3 Å². The molecule has 2 aromatic rings. The summed E-state index contributed by atoms with van der Waals surface area (Å²) in [5, 5.41) is 2.75. The summed E-state index contributed by atoms with van der Waals surface area (Å²) >= 11 is 0. The largest absolute Gasteiger partial charge is 0.469 e. The van der Waals surface area contributed by atoms with E-state index in [1.807, 2.05) is 18.2 Å². The van der Waals surface area contributed by atoms with E-state index in [2.05, 4.69) is 93.3 Å². The molecule has 0 spiro atoms. The Morgan fingerprint density at radius 3 is 2.36 bits per heavy atom. The summed E-state index contributed by atoms with van der Waals surface area (Å²) in [6, 6.07) is 14.7. The Labute approximate surface area is 233 Å². The molecule has 0 bridgehead atoms. The van der Waals surface area contributed by atoms with E-state index in [0.717, 1.165) is 11.1 Å². The highest BCUT2D eigenvalue weighted by atomic mass is 28.3. The van der Waals surface area contributed by atoms with Crippen LogP contribution < -0.4 is 10.1 Å². The van der Waals surface area contributed by atoms with Crippen molar-refractivity contribution in [2.24, 2.45) is 0 Å². The van der Waals surface area contributed by atoms with E-state index in [9.17, 15) is 9.59 Å². The van der Waals surface area contributed by atoms with E-state index in [1.165, 1.54) is 40.0 Å². The van der Waals surface area contributed by atoms with E-state index < -0.39 is 8.07 Å². The van der Waals surface area contributed by atoms with Crippen LogP contribution in [0.1, 0.15) is 34.3 Å². The van der Waals surface area contributed by atoms with Gasteiger partial charge in [-0.25, -0.2) is 4.58 Å². The number of rotatable bonds is 7. The first kappa shape index (κ1) is 28.3. The topological polar surface area (TPSA) is 52.9 Å². The molecule has 0 atom stereocenters. The predicted molar refractivity (Wildman–Crippen MR) is 163 cm³/mol. The minimum atomic E-state index is -2.07. The molecule has 0 N–H and O–H groups in total. The molecule has 1 aliphatic carbocycles. The summed E-state index contributed by atoms with van der Waals surface area (Å²) in [7, 11) is 9.41. The zero-order valence-corrected chi connectivity index (χ0v) is 25.5. The number of benzene rings is 2. The molecule has 0 saturated heterocycles. The maximum absolute atomic E-state index is 13.8. The average Bonchev–Trinajstić information content (AvgIpc) is 2.92. The lowest BCUT2D eigenvalue weighted by Crippen LogP contribution is -2.49. The summed E-state index contributed by atoms with van der Waals surface area (Å²) in [6.07, 6.45) is 7.59. The van der Waals surface area contributed by atoms with Crippen LogP contribution in [0.4, 0.5) is 5.69 Å². The molecule has 6 nitrogen and oxygen atoms in total. The van der Waals surface area contributed by atoms with E-state index >= 15 is 0 Å². The molecular weight excluding hydrogens is 502 g/mol. The van der Waals surface area contributed by atoms with Crippen molar-refractivity contribution < 1.29 is 18.9 Å². The Morgan fingerprint density at radius 2 is 1.69 bits per heavy atom. The lowest BCUT2D eigenvalue weighted by molar-refractivity contribution is -0.462. The highest BCUT2D eigenvalue weighted by molar-refractivity contribution is 6.98. The minimum absolute atomic E-state index is 0.0528. The Bertz CT molecular complexity index is 1440. The summed E-state index contributed by atoms with van der Waals surface area (Å²) in [6.45, 7) is 5.32. The molecule has 4 rings (SSSR count). The van der Waals surface area contributed by atoms with Crippen LogP contribution in [0.3, 0.4) is 0 Å². The number of amides is 1. The number of anilines is 1. The number of hydrogen-bond acceptors (Lipinski definition) is 4. The van der Waals surface area contributed by atoms with Crippen LogP contribution >= 0.6 is 0 Å². The van der Waals surface area contributed by atoms with Crippen LogP contribution in [0.15, 0.2) is 71.5 Å². The van der Waals surface area contributed by atoms with Crippen LogP contribution in [0.25, 0.3) is 5.57 Å². The zero-order valence-electron chi connectivity index (χ0n) is 24.5. The molecular formula is C32H40N3O3Si+. The monoisotopic (exact) mass is 542 g/mol. The van der Waals surface area contributed by atoms with Gasteiger partial charge in [0.25, 0.3) is 5.91 Å². The molecule has 0 unspecified atom stereocenters. The van der Waals surface area contributed by atoms with Gasteiger partial charge in [0.15, 0.2) is 5.71 Å². The second-order valence-electron chi connectivity index (χ2n) is 11.2. The Kier molecular flexibility index (Phi) is 8.11. The molecule has 39 heavy (non-hydrogen) atoms. The normalized spacial score (nSPS) is 15.3. The second-order valence-corrected chi connectivity index (χ2v) is 15.5. The molecule has 1 amide bonds. The van der Waals surface area contributed by atoms with E-state index in [4.69, 9.17) is 4.74 Å². The van der Waals surface area contributed by atoms with Gasteiger partial charge in [0, 0.05) is 57.5 Å². The number of carbonyl (C=O) groups excluding carboxylic acids is 2. The number of fused-ring (bicyclic) bond motifs is 2. The van der Waals surface area contributed by atoms with Gasteiger partial charge in [-0.15, -0.1) is 0 Å². The quantitative estimate of drug-likeness (QED) is 0.298. The minimum Gasteiger partial charge on any atom is -0.469 e. The van der Waals surface area contributed by atoms with Gasteiger partial charge in [0.05, 0.1) is 7.11 Å². The van der Waals surface area contributed by atoms with Crippen molar-refractivity contribution >= 4 is 42.1 Å². The Balaban J connectivity index is 1.90. The highest BCUT2D eigenvalue weighted by Gasteiger charge is 2.41. The van der Waals surface area contributed by atoms with Crippen molar-refractivity contribution in [2.45, 2.75) is 25.9 Å². The number of esters is 1. The molecule has 1 aliphatic heterocycles. The average molecular weight is 543 g/mol. The Hall–Kier alpha value is -3.71. The van der Waals surface area contributed by atoms with Crippen molar-refractivity contribution in [3.63, 3.8) is 0 Å². The van der Waals surface area contributed by atoms with Crippen molar-refractivity contribution in [3.05, 3.63) is 88.2 Å². The van der Waals surface area contributed by atoms with Crippen molar-refractivity contribution in [3.8, 4) is 0 Å². The summed E-state index contributed by atoms with van der Waals surface area (Å²) in [5.41, 5.74) is 7.47. The summed E-state index contributed by atoms with van der Waals surface area (Å²) in [4.78, 5) is 29.2. The van der Waals surface area contributed by atoms with Gasteiger partial charge in [0.1, 0.15) is 22.2 Å². The van der Waals surface area contributed by atoms with Crippen LogP contribution in [0, 0.1) is 0 Å². The number of carbonyl (C=O) groups is 2. The van der Waals surface area contributed by atoms with E-state index in [1.54, 1.807) is 11.9 Å². The number of ether oxygens (including phenoxy) is 1. The van der Waals surface area contributed by atoms with Crippen LogP contribution in [0.2, 0.25) is 13.1 Å². The van der Waals surface area contributed by atoms with Crippen LogP contribution in [0.5, 0.6) is 0 Å². The van der Waals surface area contributed by atoms with Gasteiger partial charge in [-0.3, -0.25) is 9.59 Å². The molecule has 204 valence electrons. The first-order chi connectivity index (χ1) is 18.5. The Morgan fingerprint density at radius 1 is 0.974 bits per heavy atom. The van der Waals surface area contributed by atoms with Gasteiger partial charge >= 0.3 is 5.97 Å². The molecule has 7 heteroatoms. The molecule has 0 radical (unpaired) electrons. The number of allylic oxidation sites excluding steroid dienone is 5. The zero-order chi connectivity index (χ0) is 28.5. The molecule has 0 aromatic heterocycles. The highest BCUT2D eigenvalue weighted by Crippen LogP contribution is 2.42. The van der Waals surface area contributed by atoms with Crippen molar-refractivity contribution in [1.82, 2.24) is 4.90 Å². The van der Waals surface area contributed by atoms with Crippen LogP contribution in [-0.2, 0) is 9.53 Å². The molecule has 1 heterocycles. The molecule has 0 fully saturated rings. The SMILES string of the molecule is COC(=O)CCCN(C)C(=O)c1ccccc1C1=C2C=CC(=[N+](C)C)C=C2[Si](C)(C)c2cc(N(C)C)ccc21. The lowest BCUT2D eigenvalue weighted by Gasteiger charge is -2.38. The molecule has 2 aromatic carbocycles. The van der Waals surface area contributed by atoms with Gasteiger partial charge in [-0.2, -0.15) is 0 Å². The lowest BCUT2D eigenvalue weighted by atomic mass is 9.87. The maximum Gasteiger partial charge on any atom is 0.305 e. The smallest absolute Gasteiger partial charge is 0.305 e. The third-order valence-corrected chi connectivity index (χ3v) is 11.3. The maximum atomic E-state index is 13.8. The molecule has 2 aliphatic rings. The first-order valence-corrected chi connectivity index (χ1v) is 16.4. The molecule has 0 saturated carbocycles. The second kappa shape index (κ2) is 11.2. The summed E-state index contributed by atoms with van der Waals surface area (Å²) in [5.74, 6) is -0.314. The van der Waals surface area contributed by atoms with Crippen molar-refractivity contribution in [2.75, 3.05) is 53.8 Å². The number of nitrogens with zero attached hydrogens (tertiary/aromatic N) is 3. The first-order valence-electron chi connectivity index (χ1n) is 13.4.